The molecule has 0 aliphatic heterocycles. The molecule has 0 saturated heterocycles. The molecule has 0 unspecified atom stereocenters. The van der Waals surface area contributed by atoms with E-state index < -0.39 is 0 Å². The van der Waals surface area contributed by atoms with Crippen molar-refractivity contribution in [3.63, 3.8) is 0 Å². The van der Waals surface area contributed by atoms with Crippen LogP contribution in [0.15, 0.2) is 18.3 Å². The number of rotatable bonds is 3. The van der Waals surface area contributed by atoms with Crippen LogP contribution in [-0.4, -0.2) is 11.1 Å². The zero-order valence-electron chi connectivity index (χ0n) is 6.83. The summed E-state index contributed by atoms with van der Waals surface area (Å²) in [4.78, 5) is 0. The van der Waals surface area contributed by atoms with Gasteiger partial charge < -0.3 is 16.0 Å². The lowest BCUT2D eigenvalue weighted by Crippen LogP contribution is -2.17. The van der Waals surface area contributed by atoms with Gasteiger partial charge in [0.2, 0.25) is 0 Å². The molecule has 0 saturated carbocycles. The van der Waals surface area contributed by atoms with Gasteiger partial charge in [0.05, 0.1) is 0 Å². The van der Waals surface area contributed by atoms with Crippen LogP contribution in [0, 0.1) is 0 Å². The Bertz CT molecular complexity index is 217. The first-order valence-corrected chi connectivity index (χ1v) is 3.82. The van der Waals surface area contributed by atoms with Gasteiger partial charge in [-0.15, -0.1) is 0 Å². The third-order valence-corrected chi connectivity index (χ3v) is 1.84. The fourth-order valence-corrected chi connectivity index (χ4v) is 1.19. The number of hydrogen-bond donors (Lipinski definition) is 2. The predicted octanol–water partition coefficient (Wildman–Crippen LogP) is 0.374. The highest BCUT2D eigenvalue weighted by Gasteiger charge is 2.06. The molecule has 1 rings (SSSR count). The van der Waals surface area contributed by atoms with E-state index in [0.29, 0.717) is 6.54 Å². The van der Waals surface area contributed by atoms with Crippen molar-refractivity contribution in [2.45, 2.75) is 12.5 Å². The summed E-state index contributed by atoms with van der Waals surface area (Å²) in [7, 11) is 1.99. The van der Waals surface area contributed by atoms with Gasteiger partial charge in [-0.25, -0.2) is 0 Å². The van der Waals surface area contributed by atoms with Crippen molar-refractivity contribution in [2.24, 2.45) is 18.5 Å². The van der Waals surface area contributed by atoms with Crippen molar-refractivity contribution >= 4 is 0 Å². The average Bonchev–Trinajstić information content (AvgIpc) is 2.36. The fraction of sp³-hybridized carbons (Fsp3) is 0.500. The van der Waals surface area contributed by atoms with Crippen molar-refractivity contribution in [3.05, 3.63) is 24.0 Å². The van der Waals surface area contributed by atoms with Crippen molar-refractivity contribution in [1.82, 2.24) is 4.57 Å². The summed E-state index contributed by atoms with van der Waals surface area (Å²) in [5.41, 5.74) is 12.4. The second-order valence-electron chi connectivity index (χ2n) is 2.73. The Labute approximate surface area is 67.0 Å². The average molecular weight is 153 g/mol. The number of aromatic nitrogens is 1. The van der Waals surface area contributed by atoms with Gasteiger partial charge in [0.25, 0.3) is 0 Å². The van der Waals surface area contributed by atoms with E-state index in [1.165, 1.54) is 0 Å². The lowest BCUT2D eigenvalue weighted by Gasteiger charge is -2.10. The standard InChI is InChI=1S/C8H15N3/c1-11-6-2-3-8(11)7(10)4-5-9/h2-3,6-7H,4-5,9-10H2,1H3/t7-/m0/s1. The third kappa shape index (κ3) is 1.82. The van der Waals surface area contributed by atoms with Crippen LogP contribution in [-0.2, 0) is 7.05 Å². The summed E-state index contributed by atoms with van der Waals surface area (Å²) in [6, 6.07) is 4.10. The van der Waals surface area contributed by atoms with Crippen LogP contribution >= 0.6 is 0 Å². The lowest BCUT2D eigenvalue weighted by molar-refractivity contribution is 0.615. The second-order valence-corrected chi connectivity index (χ2v) is 2.73. The summed E-state index contributed by atoms with van der Waals surface area (Å²) < 4.78 is 2.03. The molecular formula is C8H15N3. The van der Waals surface area contributed by atoms with Gasteiger partial charge in [-0.2, -0.15) is 0 Å². The maximum atomic E-state index is 5.85. The highest BCUT2D eigenvalue weighted by molar-refractivity contribution is 5.10. The summed E-state index contributed by atoms with van der Waals surface area (Å²) in [6.45, 7) is 0.645. The first kappa shape index (κ1) is 8.30. The fourth-order valence-electron chi connectivity index (χ4n) is 1.19. The Morgan fingerprint density at radius 1 is 1.64 bits per heavy atom. The molecule has 3 heteroatoms. The van der Waals surface area contributed by atoms with Crippen molar-refractivity contribution in [3.8, 4) is 0 Å². The van der Waals surface area contributed by atoms with Crippen LogP contribution in [0.3, 0.4) is 0 Å². The molecule has 1 aromatic heterocycles. The minimum atomic E-state index is 0.0833. The summed E-state index contributed by atoms with van der Waals surface area (Å²) in [5.74, 6) is 0. The number of nitrogens with zero attached hydrogens (tertiary/aromatic N) is 1. The Morgan fingerprint density at radius 2 is 2.36 bits per heavy atom. The van der Waals surface area contributed by atoms with Crippen molar-refractivity contribution in [2.75, 3.05) is 6.54 Å². The molecule has 0 aliphatic rings. The maximum Gasteiger partial charge on any atom is 0.0461 e. The quantitative estimate of drug-likeness (QED) is 0.659. The van der Waals surface area contributed by atoms with Gasteiger partial charge in [0.1, 0.15) is 0 Å². The molecule has 0 fully saturated rings. The van der Waals surface area contributed by atoms with Gasteiger partial charge in [-0.3, -0.25) is 0 Å². The molecule has 0 bridgehead atoms. The van der Waals surface area contributed by atoms with Gasteiger partial charge >= 0.3 is 0 Å². The van der Waals surface area contributed by atoms with Gasteiger partial charge in [-0.05, 0) is 25.1 Å². The van der Waals surface area contributed by atoms with Crippen molar-refractivity contribution < 1.29 is 0 Å². The SMILES string of the molecule is Cn1cccc1[C@@H](N)CCN. The van der Waals surface area contributed by atoms with Gasteiger partial charge in [0.15, 0.2) is 0 Å². The number of nitrogens with two attached hydrogens (primary N) is 2. The summed E-state index contributed by atoms with van der Waals surface area (Å²) >= 11 is 0. The Morgan fingerprint density at radius 3 is 2.82 bits per heavy atom. The summed E-state index contributed by atoms with van der Waals surface area (Å²) in [5, 5.41) is 0. The zero-order valence-corrected chi connectivity index (χ0v) is 6.83. The van der Waals surface area contributed by atoms with Crippen LogP contribution < -0.4 is 11.5 Å². The topological polar surface area (TPSA) is 57.0 Å². The zero-order chi connectivity index (χ0) is 8.27. The van der Waals surface area contributed by atoms with E-state index in [9.17, 15) is 0 Å². The van der Waals surface area contributed by atoms with Gasteiger partial charge in [0, 0.05) is 25.0 Å². The van der Waals surface area contributed by atoms with Gasteiger partial charge in [-0.1, -0.05) is 0 Å². The highest BCUT2D eigenvalue weighted by Crippen LogP contribution is 2.12. The molecule has 3 nitrogen and oxygen atoms in total. The first-order valence-electron chi connectivity index (χ1n) is 3.82. The Kier molecular flexibility index (Phi) is 2.68. The van der Waals surface area contributed by atoms with Crippen LogP contribution in [0.5, 0.6) is 0 Å². The van der Waals surface area contributed by atoms with Crippen LogP contribution in [0.1, 0.15) is 18.2 Å². The number of aryl methyl sites for hydroxylation is 1. The van der Waals surface area contributed by atoms with E-state index in [2.05, 4.69) is 0 Å². The largest absolute Gasteiger partial charge is 0.353 e. The molecule has 11 heavy (non-hydrogen) atoms. The molecule has 1 aromatic rings. The van der Waals surface area contributed by atoms with Crippen LogP contribution in [0.4, 0.5) is 0 Å². The first-order chi connectivity index (χ1) is 5.25. The van der Waals surface area contributed by atoms with Crippen LogP contribution in [0.25, 0.3) is 0 Å². The van der Waals surface area contributed by atoms with Crippen molar-refractivity contribution in [1.29, 1.82) is 0 Å². The molecule has 1 atom stereocenters. The molecule has 4 N–H and O–H groups in total. The molecular weight excluding hydrogens is 138 g/mol. The molecule has 0 aromatic carbocycles. The maximum absolute atomic E-state index is 5.85. The Hall–Kier alpha value is -0.800. The normalized spacial score (nSPS) is 13.4. The second kappa shape index (κ2) is 3.55. The smallest absolute Gasteiger partial charge is 0.0461 e. The predicted molar refractivity (Wildman–Crippen MR) is 46.0 cm³/mol. The Balaban J connectivity index is 2.67. The lowest BCUT2D eigenvalue weighted by atomic mass is 10.1. The monoisotopic (exact) mass is 153 g/mol. The molecule has 0 spiro atoms. The molecule has 0 radical (unpaired) electrons. The van der Waals surface area contributed by atoms with E-state index in [4.69, 9.17) is 11.5 Å². The molecule has 62 valence electrons. The van der Waals surface area contributed by atoms with E-state index >= 15 is 0 Å². The molecule has 0 aliphatic carbocycles. The number of hydrogen-bond acceptors (Lipinski definition) is 2. The minimum Gasteiger partial charge on any atom is -0.353 e. The van der Waals surface area contributed by atoms with E-state index in [1.54, 1.807) is 0 Å². The van der Waals surface area contributed by atoms with E-state index in [0.717, 1.165) is 12.1 Å². The molecule has 1 heterocycles. The molecule has 0 amide bonds. The highest BCUT2D eigenvalue weighted by atomic mass is 14.9. The summed E-state index contributed by atoms with van der Waals surface area (Å²) in [6.07, 6.45) is 2.84. The third-order valence-electron chi connectivity index (χ3n) is 1.84. The van der Waals surface area contributed by atoms with E-state index in [-0.39, 0.29) is 6.04 Å². The van der Waals surface area contributed by atoms with E-state index in [1.807, 2.05) is 29.9 Å². The minimum absolute atomic E-state index is 0.0833. The van der Waals surface area contributed by atoms with Crippen LogP contribution in [0.2, 0.25) is 0 Å².